The predicted octanol–water partition coefficient (Wildman–Crippen LogP) is 3.35. The Balaban J connectivity index is 2.70. The highest BCUT2D eigenvalue weighted by atomic mass is 35.5. The fraction of sp³-hybridized carbons (Fsp3) is 0.500. The van der Waals surface area contributed by atoms with Gasteiger partial charge in [0.15, 0.2) is 0 Å². The van der Waals surface area contributed by atoms with E-state index in [0.29, 0.717) is 17.9 Å². The molecule has 0 saturated heterocycles. The van der Waals surface area contributed by atoms with Gasteiger partial charge in [-0.2, -0.15) is 0 Å². The van der Waals surface area contributed by atoms with Gasteiger partial charge in [0.1, 0.15) is 5.67 Å². The first-order chi connectivity index (χ1) is 7.09. The average molecular weight is 230 g/mol. The Bertz CT molecular complexity index is 299. The number of hydrogen-bond donors (Lipinski definition) is 1. The molecule has 0 aromatic heterocycles. The molecule has 84 valence electrons. The summed E-state index contributed by atoms with van der Waals surface area (Å²) in [7, 11) is 0. The first kappa shape index (κ1) is 12.5. The van der Waals surface area contributed by atoms with E-state index in [1.165, 1.54) is 0 Å². The topological polar surface area (TPSA) is 26.0 Å². The molecule has 0 aliphatic heterocycles. The monoisotopic (exact) mass is 229 g/mol. The molecule has 1 aromatic carbocycles. The Hall–Kier alpha value is -0.600. The van der Waals surface area contributed by atoms with Crippen molar-refractivity contribution in [2.75, 3.05) is 6.54 Å². The van der Waals surface area contributed by atoms with Crippen molar-refractivity contribution in [3.8, 4) is 0 Å². The van der Waals surface area contributed by atoms with E-state index < -0.39 is 5.67 Å². The van der Waals surface area contributed by atoms with E-state index in [-0.39, 0.29) is 6.54 Å². The lowest BCUT2D eigenvalue weighted by molar-refractivity contribution is 0.158. The first-order valence-corrected chi connectivity index (χ1v) is 5.61. The maximum atomic E-state index is 14.1. The van der Waals surface area contributed by atoms with E-state index in [1.54, 1.807) is 12.1 Å². The minimum Gasteiger partial charge on any atom is -0.328 e. The number of nitrogens with two attached hydrogens (primary N) is 1. The van der Waals surface area contributed by atoms with Crippen molar-refractivity contribution in [3.63, 3.8) is 0 Å². The van der Waals surface area contributed by atoms with Crippen molar-refractivity contribution >= 4 is 11.6 Å². The molecule has 1 rings (SSSR count). The number of benzene rings is 1. The van der Waals surface area contributed by atoms with Crippen LogP contribution in [0, 0.1) is 0 Å². The summed E-state index contributed by atoms with van der Waals surface area (Å²) in [6.07, 6.45) is 1.68. The van der Waals surface area contributed by atoms with Crippen LogP contribution in [0.15, 0.2) is 24.3 Å². The fourth-order valence-corrected chi connectivity index (χ4v) is 1.80. The van der Waals surface area contributed by atoms with E-state index in [9.17, 15) is 4.39 Å². The molecule has 1 nitrogen and oxygen atoms in total. The lowest BCUT2D eigenvalue weighted by Gasteiger charge is -2.23. The first-order valence-electron chi connectivity index (χ1n) is 5.23. The average Bonchev–Trinajstić information content (AvgIpc) is 2.22. The molecule has 0 fully saturated rings. The Morgan fingerprint density at radius 3 is 2.40 bits per heavy atom. The van der Waals surface area contributed by atoms with Crippen LogP contribution in [0.4, 0.5) is 4.39 Å². The van der Waals surface area contributed by atoms with E-state index >= 15 is 0 Å². The molecule has 3 heteroatoms. The fourth-order valence-electron chi connectivity index (χ4n) is 1.68. The molecule has 0 saturated carbocycles. The minimum absolute atomic E-state index is 0.0729. The highest BCUT2D eigenvalue weighted by molar-refractivity contribution is 6.30. The molecule has 0 amide bonds. The highest BCUT2D eigenvalue weighted by Crippen LogP contribution is 2.23. The summed E-state index contributed by atoms with van der Waals surface area (Å²) in [5.74, 6) is 0. The third kappa shape index (κ3) is 3.80. The molecule has 0 heterocycles. The molecule has 0 spiro atoms. The van der Waals surface area contributed by atoms with Gasteiger partial charge in [-0.05, 0) is 24.1 Å². The van der Waals surface area contributed by atoms with E-state index in [4.69, 9.17) is 17.3 Å². The van der Waals surface area contributed by atoms with Gasteiger partial charge >= 0.3 is 0 Å². The zero-order chi connectivity index (χ0) is 11.3. The maximum absolute atomic E-state index is 14.1. The van der Waals surface area contributed by atoms with Gasteiger partial charge in [-0.25, -0.2) is 4.39 Å². The molecular formula is C12H17ClFN. The molecule has 0 radical (unpaired) electrons. The Morgan fingerprint density at radius 2 is 1.93 bits per heavy atom. The van der Waals surface area contributed by atoms with Crippen LogP contribution in [0.2, 0.25) is 5.02 Å². The second kappa shape index (κ2) is 5.47. The smallest absolute Gasteiger partial charge is 0.127 e. The molecule has 0 aliphatic carbocycles. The van der Waals surface area contributed by atoms with Crippen molar-refractivity contribution in [2.45, 2.75) is 31.9 Å². The number of alkyl halides is 1. The molecule has 15 heavy (non-hydrogen) atoms. The van der Waals surface area contributed by atoms with Crippen molar-refractivity contribution < 1.29 is 4.39 Å². The number of halogens is 2. The second-order valence-electron chi connectivity index (χ2n) is 3.91. The molecular weight excluding hydrogens is 213 g/mol. The molecule has 2 N–H and O–H groups in total. The molecule has 1 aromatic rings. The van der Waals surface area contributed by atoms with Gasteiger partial charge in [0, 0.05) is 18.0 Å². The Morgan fingerprint density at radius 1 is 1.33 bits per heavy atom. The van der Waals surface area contributed by atoms with Gasteiger partial charge in [0.2, 0.25) is 0 Å². The van der Waals surface area contributed by atoms with Crippen molar-refractivity contribution in [3.05, 3.63) is 34.9 Å². The number of hydrogen-bond acceptors (Lipinski definition) is 1. The van der Waals surface area contributed by atoms with Crippen molar-refractivity contribution in [1.29, 1.82) is 0 Å². The summed E-state index contributed by atoms with van der Waals surface area (Å²) in [5, 5.41) is 0.673. The van der Waals surface area contributed by atoms with Crippen molar-refractivity contribution in [2.24, 2.45) is 5.73 Å². The zero-order valence-corrected chi connectivity index (χ0v) is 9.73. The Labute approximate surface area is 95.4 Å². The van der Waals surface area contributed by atoms with E-state index in [0.717, 1.165) is 12.0 Å². The SMILES string of the molecule is CCCC(F)(CN)Cc1ccc(Cl)cc1. The predicted molar refractivity (Wildman–Crippen MR) is 63.0 cm³/mol. The third-order valence-corrected chi connectivity index (χ3v) is 2.75. The quantitative estimate of drug-likeness (QED) is 0.824. The van der Waals surface area contributed by atoms with Gasteiger partial charge in [-0.1, -0.05) is 37.1 Å². The van der Waals surface area contributed by atoms with Gasteiger partial charge in [0.25, 0.3) is 0 Å². The van der Waals surface area contributed by atoms with Crippen LogP contribution in [-0.2, 0) is 6.42 Å². The van der Waals surface area contributed by atoms with E-state index in [1.807, 2.05) is 19.1 Å². The third-order valence-electron chi connectivity index (χ3n) is 2.50. The van der Waals surface area contributed by atoms with Crippen LogP contribution < -0.4 is 5.73 Å². The largest absolute Gasteiger partial charge is 0.328 e. The molecule has 1 atom stereocenters. The van der Waals surface area contributed by atoms with Gasteiger partial charge < -0.3 is 5.73 Å². The van der Waals surface area contributed by atoms with Crippen LogP contribution in [0.25, 0.3) is 0 Å². The summed E-state index contributed by atoms with van der Waals surface area (Å²) in [6, 6.07) is 7.25. The summed E-state index contributed by atoms with van der Waals surface area (Å²) in [4.78, 5) is 0. The second-order valence-corrected chi connectivity index (χ2v) is 4.34. The molecule has 0 bridgehead atoms. The van der Waals surface area contributed by atoms with Gasteiger partial charge in [0.05, 0.1) is 0 Å². The van der Waals surface area contributed by atoms with E-state index in [2.05, 4.69) is 0 Å². The van der Waals surface area contributed by atoms with Gasteiger partial charge in [-0.3, -0.25) is 0 Å². The summed E-state index contributed by atoms with van der Waals surface area (Å²) >= 11 is 5.76. The van der Waals surface area contributed by atoms with Crippen LogP contribution in [0.1, 0.15) is 25.3 Å². The normalized spacial score (nSPS) is 14.9. The lowest BCUT2D eigenvalue weighted by atomic mass is 9.92. The zero-order valence-electron chi connectivity index (χ0n) is 8.97. The summed E-state index contributed by atoms with van der Waals surface area (Å²) in [5.41, 5.74) is 5.14. The summed E-state index contributed by atoms with van der Waals surface area (Å²) < 4.78 is 14.1. The van der Waals surface area contributed by atoms with Crippen LogP contribution in [0.5, 0.6) is 0 Å². The lowest BCUT2D eigenvalue weighted by Crippen LogP contribution is -2.35. The van der Waals surface area contributed by atoms with Crippen molar-refractivity contribution in [1.82, 2.24) is 0 Å². The minimum atomic E-state index is -1.28. The standard InChI is InChI=1S/C12H17ClFN/c1-2-7-12(14,9-15)8-10-3-5-11(13)6-4-10/h3-6H,2,7-9,15H2,1H3. The van der Waals surface area contributed by atoms with Crippen LogP contribution in [-0.4, -0.2) is 12.2 Å². The molecule has 1 unspecified atom stereocenters. The summed E-state index contributed by atoms with van der Waals surface area (Å²) in [6.45, 7) is 2.04. The van der Waals surface area contributed by atoms with Crippen LogP contribution in [0.3, 0.4) is 0 Å². The highest BCUT2D eigenvalue weighted by Gasteiger charge is 2.26. The maximum Gasteiger partial charge on any atom is 0.127 e. The Kier molecular flexibility index (Phi) is 4.55. The number of rotatable bonds is 5. The van der Waals surface area contributed by atoms with Gasteiger partial charge in [-0.15, -0.1) is 0 Å². The molecule has 0 aliphatic rings. The van der Waals surface area contributed by atoms with Crippen LogP contribution >= 0.6 is 11.6 Å².